The maximum absolute atomic E-state index is 13.4. The van der Waals surface area contributed by atoms with Crippen LogP contribution in [0.25, 0.3) is 0 Å². The van der Waals surface area contributed by atoms with Crippen molar-refractivity contribution in [1.29, 1.82) is 0 Å². The summed E-state index contributed by atoms with van der Waals surface area (Å²) < 4.78 is 72.5. The molecule has 154 valence electrons. The van der Waals surface area contributed by atoms with Crippen LogP contribution in [0.2, 0.25) is 10.0 Å². The standard InChI is InChI=1S/C18H18Cl2F3NO3S/c1-10-6-11(2)17(12(3)7-10)28(25,26)24-16(18(21,22)23)9-27-15-8-13(19)4-5-14(15)20/h4-8,16,24H,9H2,1-3H3. The van der Waals surface area contributed by atoms with E-state index in [1.165, 1.54) is 32.0 Å². The Morgan fingerprint density at radius 2 is 1.64 bits per heavy atom. The van der Waals surface area contributed by atoms with Crippen LogP contribution in [0, 0.1) is 20.8 Å². The van der Waals surface area contributed by atoms with Crippen LogP contribution in [0.4, 0.5) is 13.2 Å². The first-order valence-electron chi connectivity index (χ1n) is 8.06. The Kier molecular flexibility index (Phi) is 6.91. The van der Waals surface area contributed by atoms with Crippen molar-refractivity contribution in [2.45, 2.75) is 37.9 Å². The van der Waals surface area contributed by atoms with Crippen molar-refractivity contribution in [2.24, 2.45) is 0 Å². The topological polar surface area (TPSA) is 55.4 Å². The first-order valence-corrected chi connectivity index (χ1v) is 10.3. The molecule has 0 fully saturated rings. The van der Waals surface area contributed by atoms with E-state index in [4.69, 9.17) is 27.9 Å². The highest BCUT2D eigenvalue weighted by Crippen LogP contribution is 2.30. The summed E-state index contributed by atoms with van der Waals surface area (Å²) in [7, 11) is -4.45. The van der Waals surface area contributed by atoms with Gasteiger partial charge in [-0.05, 0) is 44.0 Å². The molecule has 2 aromatic carbocycles. The van der Waals surface area contributed by atoms with Gasteiger partial charge in [0, 0.05) is 11.1 Å². The summed E-state index contributed by atoms with van der Waals surface area (Å²) in [6.07, 6.45) is -4.88. The Hall–Kier alpha value is -1.48. The van der Waals surface area contributed by atoms with E-state index < -0.39 is 28.8 Å². The van der Waals surface area contributed by atoms with Crippen molar-refractivity contribution in [3.05, 3.63) is 57.1 Å². The third kappa shape index (κ3) is 5.53. The fourth-order valence-corrected chi connectivity index (χ4v) is 4.79. The van der Waals surface area contributed by atoms with Gasteiger partial charge in [0.2, 0.25) is 10.0 Å². The fourth-order valence-electron chi connectivity index (χ4n) is 2.79. The van der Waals surface area contributed by atoms with E-state index in [-0.39, 0.29) is 20.7 Å². The molecule has 1 unspecified atom stereocenters. The number of ether oxygens (including phenoxy) is 1. The molecule has 1 N–H and O–H groups in total. The highest BCUT2D eigenvalue weighted by Gasteiger charge is 2.43. The SMILES string of the molecule is Cc1cc(C)c(S(=O)(=O)NC(COc2cc(Cl)ccc2Cl)C(F)(F)F)c(C)c1. The van der Waals surface area contributed by atoms with Gasteiger partial charge in [0.25, 0.3) is 0 Å². The number of aryl methyl sites for hydroxylation is 3. The van der Waals surface area contributed by atoms with Gasteiger partial charge in [0.05, 0.1) is 9.92 Å². The quantitative estimate of drug-likeness (QED) is 0.650. The maximum atomic E-state index is 13.4. The summed E-state index contributed by atoms with van der Waals surface area (Å²) in [5.74, 6) is -0.0784. The number of hydrogen-bond acceptors (Lipinski definition) is 3. The van der Waals surface area contributed by atoms with E-state index in [1.54, 1.807) is 23.8 Å². The number of sulfonamides is 1. The molecular weight excluding hydrogens is 438 g/mol. The van der Waals surface area contributed by atoms with Crippen molar-refractivity contribution < 1.29 is 26.3 Å². The molecule has 1 atom stereocenters. The van der Waals surface area contributed by atoms with Crippen molar-refractivity contribution in [3.8, 4) is 5.75 Å². The molecule has 10 heteroatoms. The van der Waals surface area contributed by atoms with Gasteiger partial charge in [-0.15, -0.1) is 0 Å². The number of halogens is 5. The third-order valence-electron chi connectivity index (χ3n) is 3.86. The molecule has 0 heterocycles. The minimum absolute atomic E-state index is 0.0541. The number of hydrogen-bond donors (Lipinski definition) is 1. The van der Waals surface area contributed by atoms with E-state index in [1.807, 2.05) is 0 Å². The van der Waals surface area contributed by atoms with Crippen molar-refractivity contribution in [2.75, 3.05) is 6.61 Å². The minimum atomic E-state index is -4.88. The first-order chi connectivity index (χ1) is 12.8. The van der Waals surface area contributed by atoms with Crippen LogP contribution in [0.5, 0.6) is 5.75 Å². The van der Waals surface area contributed by atoms with E-state index in [0.29, 0.717) is 11.1 Å². The summed E-state index contributed by atoms with van der Waals surface area (Å²) in [5.41, 5.74) is 1.51. The Morgan fingerprint density at radius 3 is 2.18 bits per heavy atom. The van der Waals surface area contributed by atoms with Crippen molar-refractivity contribution >= 4 is 33.2 Å². The molecule has 0 aliphatic rings. The molecule has 28 heavy (non-hydrogen) atoms. The van der Waals surface area contributed by atoms with Crippen molar-refractivity contribution in [1.82, 2.24) is 4.72 Å². The Balaban J connectivity index is 2.31. The van der Waals surface area contributed by atoms with E-state index in [9.17, 15) is 21.6 Å². The van der Waals surface area contributed by atoms with Crippen LogP contribution >= 0.6 is 23.2 Å². The predicted octanol–water partition coefficient (Wildman–Crippen LogP) is 5.21. The van der Waals surface area contributed by atoms with Gasteiger partial charge in [0.1, 0.15) is 12.4 Å². The lowest BCUT2D eigenvalue weighted by Crippen LogP contribution is -2.49. The lowest BCUT2D eigenvalue weighted by Gasteiger charge is -2.23. The zero-order valence-electron chi connectivity index (χ0n) is 15.2. The number of benzene rings is 2. The highest BCUT2D eigenvalue weighted by molar-refractivity contribution is 7.89. The summed E-state index contributed by atoms with van der Waals surface area (Å²) >= 11 is 11.7. The normalized spacial score (nSPS) is 13.4. The zero-order valence-corrected chi connectivity index (χ0v) is 17.5. The third-order valence-corrected chi connectivity index (χ3v) is 6.19. The Bertz CT molecular complexity index is 956. The molecule has 2 rings (SSSR count). The molecular formula is C18H18Cl2F3NO3S. The first kappa shape index (κ1) is 22.8. The summed E-state index contributed by atoms with van der Waals surface area (Å²) in [6, 6.07) is 4.76. The van der Waals surface area contributed by atoms with Crippen LogP contribution in [0.15, 0.2) is 35.2 Å². The highest BCUT2D eigenvalue weighted by atomic mass is 35.5. The monoisotopic (exact) mass is 455 g/mol. The average Bonchev–Trinajstić information content (AvgIpc) is 2.51. The number of nitrogens with one attached hydrogen (secondary N) is 1. The molecule has 0 bridgehead atoms. The van der Waals surface area contributed by atoms with Crippen LogP contribution < -0.4 is 9.46 Å². The van der Waals surface area contributed by atoms with Gasteiger partial charge in [-0.3, -0.25) is 0 Å². The summed E-state index contributed by atoms with van der Waals surface area (Å²) in [6.45, 7) is 3.82. The Labute approximate surface area is 171 Å². The second-order valence-electron chi connectivity index (χ2n) is 6.33. The van der Waals surface area contributed by atoms with Gasteiger partial charge in [-0.1, -0.05) is 40.9 Å². The predicted molar refractivity (Wildman–Crippen MR) is 103 cm³/mol. The summed E-state index contributed by atoms with van der Waals surface area (Å²) in [5, 5.41) is 0.271. The van der Waals surface area contributed by atoms with E-state index >= 15 is 0 Å². The van der Waals surface area contributed by atoms with Crippen LogP contribution in [-0.4, -0.2) is 27.2 Å². The molecule has 0 radical (unpaired) electrons. The zero-order chi connectivity index (χ0) is 21.3. The Morgan fingerprint density at radius 1 is 1.07 bits per heavy atom. The van der Waals surface area contributed by atoms with Crippen molar-refractivity contribution in [3.63, 3.8) is 0 Å². The lowest BCUT2D eigenvalue weighted by atomic mass is 10.1. The number of alkyl halides is 3. The second kappa shape index (κ2) is 8.49. The van der Waals surface area contributed by atoms with Gasteiger partial charge in [-0.2, -0.15) is 17.9 Å². The molecule has 0 saturated heterocycles. The van der Waals surface area contributed by atoms with E-state index in [0.717, 1.165) is 5.56 Å². The van der Waals surface area contributed by atoms with Crippen LogP contribution in [-0.2, 0) is 10.0 Å². The molecule has 2 aromatic rings. The minimum Gasteiger partial charge on any atom is -0.490 e. The maximum Gasteiger partial charge on any atom is 0.408 e. The molecule has 4 nitrogen and oxygen atoms in total. The second-order valence-corrected chi connectivity index (χ2v) is 8.82. The average molecular weight is 456 g/mol. The van der Waals surface area contributed by atoms with Gasteiger partial charge >= 0.3 is 6.18 Å². The molecule has 0 spiro atoms. The smallest absolute Gasteiger partial charge is 0.408 e. The van der Waals surface area contributed by atoms with Gasteiger partial charge in [-0.25, -0.2) is 8.42 Å². The van der Waals surface area contributed by atoms with Gasteiger partial charge < -0.3 is 4.74 Å². The molecule has 0 aliphatic heterocycles. The van der Waals surface area contributed by atoms with Crippen LogP contribution in [0.3, 0.4) is 0 Å². The fraction of sp³-hybridized carbons (Fsp3) is 0.333. The molecule has 0 aliphatic carbocycles. The summed E-state index contributed by atoms with van der Waals surface area (Å²) in [4.78, 5) is -0.187. The molecule has 0 saturated carbocycles. The molecule has 0 aromatic heterocycles. The van der Waals surface area contributed by atoms with E-state index in [2.05, 4.69) is 0 Å². The van der Waals surface area contributed by atoms with Crippen LogP contribution in [0.1, 0.15) is 16.7 Å². The lowest BCUT2D eigenvalue weighted by molar-refractivity contribution is -0.157. The molecule has 0 amide bonds. The largest absolute Gasteiger partial charge is 0.490 e. The number of rotatable bonds is 6. The van der Waals surface area contributed by atoms with Gasteiger partial charge in [0.15, 0.2) is 6.04 Å².